The molecule has 316 valence electrons. The molecule has 57 heavy (non-hydrogen) atoms. The summed E-state index contributed by atoms with van der Waals surface area (Å²) in [6, 6.07) is 9.61. The Kier molecular flexibility index (Phi) is 16.9. The molecule has 0 saturated carbocycles. The van der Waals surface area contributed by atoms with Crippen molar-refractivity contribution in [1.82, 2.24) is 14.6 Å². The molecule has 0 radical (unpaired) electrons. The van der Waals surface area contributed by atoms with Gasteiger partial charge >= 0.3 is 7.82 Å². The predicted molar refractivity (Wildman–Crippen MR) is 214 cm³/mol. The highest BCUT2D eigenvalue weighted by Gasteiger charge is 2.62. The number of nitrogens with zero attached hydrogens (tertiary/aromatic N) is 4. The van der Waals surface area contributed by atoms with Gasteiger partial charge in [-0.05, 0) is 63.1 Å². The summed E-state index contributed by atoms with van der Waals surface area (Å²) in [5.41, 5.74) is 6.78. The number of anilines is 1. The number of hydrogen-bond donors (Lipinski definition) is 2. The smallest absolute Gasteiger partial charge is 0.382 e. The summed E-state index contributed by atoms with van der Waals surface area (Å²) in [4.78, 5) is 15.0. The van der Waals surface area contributed by atoms with Gasteiger partial charge in [0.15, 0.2) is 11.6 Å². The summed E-state index contributed by atoms with van der Waals surface area (Å²) in [6.45, 7) is 7.01. The number of aromatic nitrogens is 3. The summed E-state index contributed by atoms with van der Waals surface area (Å²) in [5, 5.41) is 13.6. The quantitative estimate of drug-likeness (QED) is 0.0581. The van der Waals surface area contributed by atoms with Crippen LogP contribution >= 0.6 is 7.82 Å². The minimum Gasteiger partial charge on any atom is -0.382 e. The molecule has 0 aliphatic carbocycles. The number of nitriles is 1. The van der Waals surface area contributed by atoms with E-state index in [1.54, 1.807) is 37.4 Å². The zero-order valence-electron chi connectivity index (χ0n) is 34.2. The van der Waals surface area contributed by atoms with Gasteiger partial charge in [0.05, 0.1) is 43.3 Å². The van der Waals surface area contributed by atoms with Gasteiger partial charge in [0, 0.05) is 0 Å². The Morgan fingerprint density at radius 1 is 0.947 bits per heavy atom. The first-order valence-electron chi connectivity index (χ1n) is 20.9. The molecule has 6 atom stereocenters. The van der Waals surface area contributed by atoms with Gasteiger partial charge < -0.3 is 29.6 Å². The van der Waals surface area contributed by atoms with Gasteiger partial charge in [0.25, 0.3) is 0 Å². The van der Waals surface area contributed by atoms with Gasteiger partial charge in [0.2, 0.25) is 0 Å². The lowest BCUT2D eigenvalue weighted by atomic mass is 9.97. The molecule has 15 heteroatoms. The zero-order valence-corrected chi connectivity index (χ0v) is 35.1. The third-order valence-corrected chi connectivity index (χ3v) is 11.8. The first kappa shape index (κ1) is 45.1. The SMILES string of the molecule is CCCCCCCCCCCCCCCCC[C@@H](COP(=O)(O)OC[C@@]1(C)O[C@@H](c2ccc3c(N)ncnn23)[C@@H]2OC(C)(C)O[C@@H]21)OCc1cc(F)cc(C#N)c1. The van der Waals surface area contributed by atoms with Crippen LogP contribution in [0.25, 0.3) is 5.52 Å². The maximum Gasteiger partial charge on any atom is 0.472 e. The van der Waals surface area contributed by atoms with Gasteiger partial charge in [-0.15, -0.1) is 0 Å². The monoisotopic (exact) mass is 815 g/mol. The molecule has 0 spiro atoms. The zero-order chi connectivity index (χ0) is 40.9. The maximum absolute atomic E-state index is 14.1. The van der Waals surface area contributed by atoms with Gasteiger partial charge in [-0.25, -0.2) is 18.5 Å². The van der Waals surface area contributed by atoms with Gasteiger partial charge in [0.1, 0.15) is 41.6 Å². The van der Waals surface area contributed by atoms with Crippen LogP contribution in [0.5, 0.6) is 0 Å². The lowest BCUT2D eigenvalue weighted by Gasteiger charge is -2.31. The summed E-state index contributed by atoms with van der Waals surface area (Å²) in [5.74, 6) is -1.18. The van der Waals surface area contributed by atoms with Crippen molar-refractivity contribution in [2.24, 2.45) is 0 Å². The molecule has 13 nitrogen and oxygen atoms in total. The second-order valence-corrected chi connectivity index (χ2v) is 17.7. The molecule has 4 heterocycles. The minimum atomic E-state index is -4.63. The van der Waals surface area contributed by atoms with Gasteiger partial charge in [-0.3, -0.25) is 9.05 Å². The molecule has 1 aromatic carbocycles. The number of phosphoric ester groups is 1. The molecule has 5 rings (SSSR count). The average Bonchev–Trinajstić information content (AvgIpc) is 3.83. The van der Waals surface area contributed by atoms with Crippen LogP contribution in [0.1, 0.15) is 153 Å². The molecule has 2 fully saturated rings. The Bertz CT molecular complexity index is 1810. The van der Waals surface area contributed by atoms with E-state index in [9.17, 15) is 19.1 Å². The Hall–Kier alpha value is -2.99. The van der Waals surface area contributed by atoms with Gasteiger partial charge in [-0.1, -0.05) is 103 Å². The number of benzene rings is 1. The highest BCUT2D eigenvalue weighted by molar-refractivity contribution is 7.47. The van der Waals surface area contributed by atoms with Crippen LogP contribution in [0, 0.1) is 17.1 Å². The molecule has 2 aliphatic heterocycles. The van der Waals surface area contributed by atoms with Crippen LogP contribution in [0.15, 0.2) is 36.7 Å². The molecule has 3 aromatic rings. The molecular weight excluding hydrogens is 752 g/mol. The number of unbranched alkanes of at least 4 members (excludes halogenated alkanes) is 14. The number of rotatable bonds is 26. The fourth-order valence-electron chi connectivity index (χ4n) is 7.84. The Morgan fingerprint density at radius 2 is 1.60 bits per heavy atom. The number of phosphoric acid groups is 1. The fourth-order valence-corrected chi connectivity index (χ4v) is 8.68. The number of nitrogen functional groups attached to an aromatic ring is 1. The van der Waals surface area contributed by atoms with Crippen molar-refractivity contribution >= 4 is 19.2 Å². The minimum absolute atomic E-state index is 0.00424. The Morgan fingerprint density at radius 3 is 2.25 bits per heavy atom. The topological polar surface area (TPSA) is 173 Å². The molecule has 1 unspecified atom stereocenters. The summed E-state index contributed by atoms with van der Waals surface area (Å²) in [7, 11) is -4.63. The molecule has 2 saturated heterocycles. The number of hydrogen-bond acceptors (Lipinski definition) is 11. The highest BCUT2D eigenvalue weighted by Crippen LogP contribution is 2.52. The summed E-state index contributed by atoms with van der Waals surface area (Å²) >= 11 is 0. The fraction of sp³-hybridized carbons (Fsp3) is 0.690. The van der Waals surface area contributed by atoms with Crippen molar-refractivity contribution in [3.05, 3.63) is 59.3 Å². The van der Waals surface area contributed by atoms with Gasteiger partial charge in [-0.2, -0.15) is 10.4 Å². The standard InChI is InChI=1S/C42H63FN5O8P/c1-5-6-7-8-9-10-11-12-13-14-15-16-17-18-19-20-34(51-27-32-23-31(26-44)24-33(43)25-32)28-52-57(49,50)53-29-42(4)39-38(54-41(2,3)56-39)37(55-42)35-21-22-36-40(45)46-30-47-48(35)36/h21-25,30,34,37-39H,5-20,27-29H2,1-4H3,(H,49,50)(H2,45,46,47)/t34-,37-,38-,39-,42+/m0/s1. The van der Waals surface area contributed by atoms with E-state index in [0.29, 0.717) is 29.0 Å². The third kappa shape index (κ3) is 13.3. The summed E-state index contributed by atoms with van der Waals surface area (Å²) in [6.07, 6.45) is 18.0. The average molecular weight is 816 g/mol. The molecule has 2 aliphatic rings. The van der Waals surface area contributed by atoms with Crippen LogP contribution in [0.2, 0.25) is 0 Å². The van der Waals surface area contributed by atoms with E-state index >= 15 is 0 Å². The molecular formula is C42H63FN5O8P. The first-order valence-corrected chi connectivity index (χ1v) is 22.4. The van der Waals surface area contributed by atoms with Crippen molar-refractivity contribution < 1.29 is 41.8 Å². The normalized spacial score (nSPS) is 23.1. The molecule has 0 amide bonds. The van der Waals surface area contributed by atoms with E-state index in [-0.39, 0.29) is 25.4 Å². The lowest BCUT2D eigenvalue weighted by molar-refractivity contribution is -0.212. The van der Waals surface area contributed by atoms with E-state index in [1.165, 1.54) is 83.0 Å². The highest BCUT2D eigenvalue weighted by atomic mass is 31.2. The van der Waals surface area contributed by atoms with Crippen molar-refractivity contribution in [2.45, 2.75) is 173 Å². The van der Waals surface area contributed by atoms with Crippen molar-refractivity contribution in [1.29, 1.82) is 5.26 Å². The van der Waals surface area contributed by atoms with E-state index in [2.05, 4.69) is 17.0 Å². The van der Waals surface area contributed by atoms with Crippen molar-refractivity contribution in [3.63, 3.8) is 0 Å². The van der Waals surface area contributed by atoms with E-state index < -0.39 is 49.4 Å². The predicted octanol–water partition coefficient (Wildman–Crippen LogP) is 9.65. The number of halogens is 1. The van der Waals surface area contributed by atoms with E-state index in [0.717, 1.165) is 31.7 Å². The van der Waals surface area contributed by atoms with Crippen LogP contribution < -0.4 is 5.73 Å². The van der Waals surface area contributed by atoms with Crippen LogP contribution in [-0.2, 0) is 39.2 Å². The number of fused-ring (bicyclic) bond motifs is 2. The molecule has 2 aromatic heterocycles. The largest absolute Gasteiger partial charge is 0.472 e. The molecule has 0 bridgehead atoms. The van der Waals surface area contributed by atoms with Crippen LogP contribution in [0.4, 0.5) is 10.2 Å². The second-order valence-electron chi connectivity index (χ2n) is 16.2. The molecule has 3 N–H and O–H groups in total. The lowest BCUT2D eigenvalue weighted by Crippen LogP contribution is -2.44. The van der Waals surface area contributed by atoms with Crippen LogP contribution in [0.3, 0.4) is 0 Å². The first-order chi connectivity index (χ1) is 27.3. The second kappa shape index (κ2) is 21.3. The summed E-state index contributed by atoms with van der Waals surface area (Å²) < 4.78 is 65.4. The van der Waals surface area contributed by atoms with Crippen molar-refractivity contribution in [3.8, 4) is 6.07 Å². The van der Waals surface area contributed by atoms with E-state index in [1.807, 2.05) is 12.1 Å². The van der Waals surface area contributed by atoms with Crippen LogP contribution in [-0.4, -0.2) is 62.4 Å². The third-order valence-electron chi connectivity index (χ3n) is 10.9. The maximum atomic E-state index is 14.1. The van der Waals surface area contributed by atoms with E-state index in [4.69, 9.17) is 33.7 Å². The number of nitrogens with two attached hydrogens (primary N) is 1. The van der Waals surface area contributed by atoms with Crippen molar-refractivity contribution in [2.75, 3.05) is 18.9 Å². The Labute approximate surface area is 337 Å². The Balaban J connectivity index is 1.11. The number of ether oxygens (including phenoxy) is 4.